The largest absolute Gasteiger partial charge is 0.508 e. The Morgan fingerprint density at radius 3 is 2.08 bits per heavy atom. The SMILES string of the molecule is COc1cc(C2C3=CCC4C(=O)N(CCc5ccc(O)cc5)C(=O)C4C3CC3(Cl)C(=O)N(c4c(F)c(F)c(F)c(F)c4F)C(=O)C23Cl)c(Br)c(Br)c1O. The zero-order valence-electron chi connectivity index (χ0n) is 26.8. The van der Waals surface area contributed by atoms with E-state index in [9.17, 15) is 42.6 Å². The minimum Gasteiger partial charge on any atom is -0.508 e. The van der Waals surface area contributed by atoms with E-state index in [2.05, 4.69) is 31.9 Å². The number of nitrogens with zero attached hydrogens (tertiary/aromatic N) is 2. The van der Waals surface area contributed by atoms with Gasteiger partial charge in [0.25, 0.3) is 11.8 Å². The third-order valence-corrected chi connectivity index (χ3v) is 14.1. The van der Waals surface area contributed by atoms with Gasteiger partial charge >= 0.3 is 0 Å². The molecule has 4 aliphatic rings. The van der Waals surface area contributed by atoms with Gasteiger partial charge in [-0.3, -0.25) is 24.1 Å². The summed E-state index contributed by atoms with van der Waals surface area (Å²) >= 11 is 21.0. The number of allylic oxidation sites excluding steroid dienone is 2. The molecule has 7 rings (SSSR count). The van der Waals surface area contributed by atoms with Gasteiger partial charge in [-0.1, -0.05) is 23.8 Å². The van der Waals surface area contributed by atoms with Gasteiger partial charge in [-0.25, -0.2) is 26.9 Å². The first-order valence-electron chi connectivity index (χ1n) is 15.8. The van der Waals surface area contributed by atoms with Crippen molar-refractivity contribution in [1.29, 1.82) is 0 Å². The van der Waals surface area contributed by atoms with Crippen LogP contribution in [0.1, 0.15) is 29.9 Å². The molecule has 0 aromatic heterocycles. The summed E-state index contributed by atoms with van der Waals surface area (Å²) in [6, 6.07) is 7.39. The maximum Gasteiger partial charge on any atom is 0.258 e. The lowest BCUT2D eigenvalue weighted by Gasteiger charge is -2.51. The van der Waals surface area contributed by atoms with Crippen LogP contribution < -0.4 is 9.64 Å². The predicted octanol–water partition coefficient (Wildman–Crippen LogP) is 7.13. The molecule has 2 aliphatic heterocycles. The molecule has 2 saturated heterocycles. The van der Waals surface area contributed by atoms with Gasteiger partial charge < -0.3 is 14.9 Å². The molecule has 1 saturated carbocycles. The zero-order valence-corrected chi connectivity index (χ0v) is 31.5. The minimum atomic E-state index is -2.77. The second-order valence-electron chi connectivity index (χ2n) is 13.1. The molecule has 0 spiro atoms. The fourth-order valence-electron chi connectivity index (χ4n) is 8.08. The van der Waals surface area contributed by atoms with E-state index in [0.29, 0.717) is 5.56 Å². The van der Waals surface area contributed by atoms with Crippen molar-refractivity contribution in [3.8, 4) is 17.2 Å². The van der Waals surface area contributed by atoms with Crippen LogP contribution >= 0.6 is 55.1 Å². The molecule has 53 heavy (non-hydrogen) atoms. The summed E-state index contributed by atoms with van der Waals surface area (Å²) in [5.74, 6) is -22.2. The first-order valence-corrected chi connectivity index (χ1v) is 18.1. The molecular formula is C35H23Br2Cl2F5N2O7. The number of likely N-dealkylation sites (tertiary alicyclic amines) is 1. The van der Waals surface area contributed by atoms with Crippen LogP contribution in [-0.2, 0) is 25.6 Å². The van der Waals surface area contributed by atoms with Crippen LogP contribution in [0.2, 0.25) is 0 Å². The summed E-state index contributed by atoms with van der Waals surface area (Å²) in [7, 11) is 1.21. The van der Waals surface area contributed by atoms with Crippen molar-refractivity contribution in [3.05, 3.63) is 91.1 Å². The number of carbonyl (C=O) groups excluding carboxylic acids is 4. The maximum atomic E-state index is 15.3. The Morgan fingerprint density at radius 1 is 0.868 bits per heavy atom. The van der Waals surface area contributed by atoms with Crippen molar-refractivity contribution in [2.24, 2.45) is 17.8 Å². The van der Waals surface area contributed by atoms with Crippen molar-refractivity contribution in [3.63, 3.8) is 0 Å². The Hall–Kier alpha value is -3.73. The fourth-order valence-corrected chi connectivity index (χ4v) is 9.96. The van der Waals surface area contributed by atoms with Crippen LogP contribution in [0.5, 0.6) is 17.2 Å². The number of aromatic hydroxyl groups is 2. The molecule has 2 heterocycles. The van der Waals surface area contributed by atoms with Crippen molar-refractivity contribution in [2.75, 3.05) is 18.6 Å². The van der Waals surface area contributed by atoms with Crippen LogP contribution in [0.3, 0.4) is 0 Å². The molecule has 3 aromatic carbocycles. The highest BCUT2D eigenvalue weighted by molar-refractivity contribution is 9.13. The lowest BCUT2D eigenvalue weighted by molar-refractivity contribution is -0.140. The minimum absolute atomic E-state index is 0.0160. The Kier molecular flexibility index (Phi) is 9.18. The number of benzene rings is 3. The van der Waals surface area contributed by atoms with E-state index in [4.69, 9.17) is 27.9 Å². The molecule has 18 heteroatoms. The zero-order chi connectivity index (χ0) is 38.6. The number of ether oxygens (including phenoxy) is 1. The van der Waals surface area contributed by atoms with Crippen LogP contribution in [0.15, 0.2) is 50.9 Å². The summed E-state index contributed by atoms with van der Waals surface area (Å²) in [6.45, 7) is -0.0501. The van der Waals surface area contributed by atoms with Gasteiger partial charge in [-0.15, -0.1) is 23.2 Å². The van der Waals surface area contributed by atoms with E-state index < -0.39 is 104 Å². The highest BCUT2D eigenvalue weighted by Gasteiger charge is 2.77. The molecule has 9 nitrogen and oxygen atoms in total. The molecule has 278 valence electrons. The second-order valence-corrected chi connectivity index (χ2v) is 15.9. The number of phenols is 2. The average molecular weight is 909 g/mol. The molecule has 2 aliphatic carbocycles. The predicted molar refractivity (Wildman–Crippen MR) is 185 cm³/mol. The first kappa shape index (κ1) is 37.6. The van der Waals surface area contributed by atoms with E-state index >= 15 is 8.78 Å². The number of imide groups is 2. The topological polar surface area (TPSA) is 124 Å². The van der Waals surface area contributed by atoms with Crippen LogP contribution in [0.4, 0.5) is 27.6 Å². The van der Waals surface area contributed by atoms with Crippen molar-refractivity contribution >= 4 is 84.4 Å². The van der Waals surface area contributed by atoms with E-state index in [1.165, 1.54) is 25.3 Å². The first-order chi connectivity index (χ1) is 24.9. The number of amides is 4. The molecule has 3 aromatic rings. The molecular weight excluding hydrogens is 886 g/mol. The summed E-state index contributed by atoms with van der Waals surface area (Å²) in [5.41, 5.74) is -0.945. The molecule has 0 bridgehead atoms. The number of anilines is 1. The van der Waals surface area contributed by atoms with Gasteiger partial charge in [0.2, 0.25) is 17.6 Å². The number of phenolic OH excluding ortho intramolecular Hbond substituents is 2. The maximum absolute atomic E-state index is 15.3. The molecule has 3 fully saturated rings. The van der Waals surface area contributed by atoms with Crippen molar-refractivity contribution in [1.82, 2.24) is 4.90 Å². The second kappa shape index (κ2) is 12.9. The third kappa shape index (κ3) is 5.11. The summed E-state index contributed by atoms with van der Waals surface area (Å²) in [5, 5.41) is 20.4. The fraction of sp³-hybridized carbons (Fsp3) is 0.314. The molecule has 2 N–H and O–H groups in total. The number of hydrogen-bond donors (Lipinski definition) is 2. The van der Waals surface area contributed by atoms with E-state index in [-0.39, 0.29) is 55.9 Å². The number of alkyl halides is 2. The van der Waals surface area contributed by atoms with Crippen molar-refractivity contribution in [2.45, 2.75) is 34.9 Å². The van der Waals surface area contributed by atoms with E-state index in [1.807, 2.05) is 0 Å². The van der Waals surface area contributed by atoms with Gasteiger partial charge in [0.15, 0.2) is 44.5 Å². The van der Waals surface area contributed by atoms with Gasteiger partial charge in [0, 0.05) is 16.9 Å². The van der Waals surface area contributed by atoms with Gasteiger partial charge in [-0.2, -0.15) is 0 Å². The van der Waals surface area contributed by atoms with Gasteiger partial charge in [-0.05, 0) is 86.4 Å². The standard InChI is InChI=1S/C35H23Br2Cl2F5N2O7/c1-53-18-10-16(21(36)22(37)29(18)48)20-14-6-7-15-19(31(50)45(30(15)49)9-8-12-2-4-13(47)5-3-12)17(14)11-34(38)32(51)46(33(52)35(20,34)39)28-26(43)24(41)23(40)25(42)27(28)44/h2-6,10,15,17,19-20,47-48H,7-9,11H2,1H3. The molecule has 4 amide bonds. The highest BCUT2D eigenvalue weighted by atomic mass is 79.9. The summed E-state index contributed by atoms with van der Waals surface area (Å²) in [4.78, 5) is 52.2. The Labute approximate surface area is 323 Å². The number of hydrogen-bond acceptors (Lipinski definition) is 7. The van der Waals surface area contributed by atoms with Gasteiger partial charge in [0.05, 0.1) is 23.4 Å². The Morgan fingerprint density at radius 2 is 1.47 bits per heavy atom. The Bertz CT molecular complexity index is 2180. The normalized spacial score (nSPS) is 27.9. The smallest absolute Gasteiger partial charge is 0.258 e. The molecule has 6 unspecified atom stereocenters. The Balaban J connectivity index is 1.40. The number of rotatable bonds is 6. The van der Waals surface area contributed by atoms with Crippen LogP contribution in [-0.4, -0.2) is 62.1 Å². The van der Waals surface area contributed by atoms with E-state index in [1.54, 1.807) is 18.2 Å². The number of carbonyl (C=O) groups is 4. The lowest BCUT2D eigenvalue weighted by Crippen LogP contribution is -2.60. The number of halogens is 9. The number of methoxy groups -OCH3 is 1. The monoisotopic (exact) mass is 906 g/mol. The summed E-state index contributed by atoms with van der Waals surface area (Å²) < 4.78 is 79.1. The van der Waals surface area contributed by atoms with Crippen LogP contribution in [0.25, 0.3) is 0 Å². The van der Waals surface area contributed by atoms with E-state index in [0.717, 1.165) is 4.90 Å². The van der Waals surface area contributed by atoms with Crippen molar-refractivity contribution < 1.29 is 56.1 Å². The number of fused-ring (bicyclic) bond motifs is 4. The van der Waals surface area contributed by atoms with Crippen LogP contribution in [0, 0.1) is 46.8 Å². The lowest BCUT2D eigenvalue weighted by atomic mass is 9.56. The molecule has 6 atom stereocenters. The van der Waals surface area contributed by atoms with Gasteiger partial charge in [0.1, 0.15) is 11.4 Å². The molecule has 0 radical (unpaired) electrons. The third-order valence-electron chi connectivity index (χ3n) is 10.6. The summed E-state index contributed by atoms with van der Waals surface area (Å²) in [6.07, 6.45) is 1.07. The quantitative estimate of drug-likeness (QED) is 0.0674. The highest BCUT2D eigenvalue weighted by Crippen LogP contribution is 2.67. The average Bonchev–Trinajstić information content (AvgIpc) is 3.46.